The Bertz CT molecular complexity index is 1210. The molecule has 4 rings (SSSR count). The van der Waals surface area contributed by atoms with Gasteiger partial charge in [0.25, 0.3) is 0 Å². The van der Waals surface area contributed by atoms with Gasteiger partial charge in [-0.15, -0.1) is 0 Å². The van der Waals surface area contributed by atoms with Crippen LogP contribution in [0.25, 0.3) is 12.2 Å². The standard InChI is InChI=1S/C15H19.C12H13.CH4Si.2ClH.Hf/c1-10(2)12-8-9-13(11(3)4)15-7-5-6-14(12)15;1-9(2)12-7-10-5-3-4-6-11(10)8-12;1-2;;;/h6,8-11H,7H2,1-4H3;3-9H,1-2H3;2H,1H3;2*1H;/q;;;;;+2/p-2. The quantitative estimate of drug-likeness (QED) is 0.284. The van der Waals surface area contributed by atoms with E-state index in [2.05, 4.69) is 96.6 Å². The van der Waals surface area contributed by atoms with Crippen LogP contribution in [0.3, 0.4) is 0 Å². The van der Waals surface area contributed by atoms with E-state index in [1.165, 1.54) is 42.3 Å². The van der Waals surface area contributed by atoms with Crippen molar-refractivity contribution >= 4 is 35.5 Å². The van der Waals surface area contributed by atoms with Crippen molar-refractivity contribution < 1.29 is 14.8 Å². The number of halogens is 2. The Hall–Kier alpha value is -0.413. The predicted molar refractivity (Wildman–Crippen MR) is 143 cm³/mol. The number of fused-ring (bicyclic) bond motifs is 2. The molecule has 0 fully saturated rings. The minimum absolute atomic E-state index is 0.0496. The van der Waals surface area contributed by atoms with Crippen molar-refractivity contribution in [2.45, 2.75) is 70.0 Å². The van der Waals surface area contributed by atoms with Crippen LogP contribution in [0.2, 0.25) is 6.55 Å². The van der Waals surface area contributed by atoms with E-state index in [1.807, 2.05) is 0 Å². The summed E-state index contributed by atoms with van der Waals surface area (Å²) in [7, 11) is 16.0. The van der Waals surface area contributed by atoms with Gasteiger partial charge < -0.3 is 0 Å². The maximum absolute atomic E-state index is 8.02. The Morgan fingerprint density at radius 3 is 2.06 bits per heavy atom. The Morgan fingerprint density at radius 1 is 0.844 bits per heavy atom. The fourth-order valence-corrected chi connectivity index (χ4v) is 36.0. The third-order valence-electron chi connectivity index (χ3n) is 7.66. The van der Waals surface area contributed by atoms with Crippen molar-refractivity contribution in [1.29, 1.82) is 0 Å². The van der Waals surface area contributed by atoms with Gasteiger partial charge in [-0.1, -0.05) is 0 Å². The summed E-state index contributed by atoms with van der Waals surface area (Å²) in [5.74, 6) is 1.42. The molecular formula is C28H36Cl2HfSi. The zero-order chi connectivity index (χ0) is 23.4. The number of allylic oxidation sites excluding steroid dienone is 2. The minimum atomic E-state index is -4.53. The molecule has 0 bridgehead atoms. The van der Waals surface area contributed by atoms with Gasteiger partial charge in [-0.05, 0) is 0 Å². The molecule has 0 heterocycles. The van der Waals surface area contributed by atoms with Crippen LogP contribution in [0.5, 0.6) is 0 Å². The van der Waals surface area contributed by atoms with Gasteiger partial charge >= 0.3 is 205 Å². The van der Waals surface area contributed by atoms with E-state index in [-0.39, 0.29) is 9.89 Å². The molecule has 4 heteroatoms. The summed E-state index contributed by atoms with van der Waals surface area (Å²) in [6, 6.07) is 13.5. The summed E-state index contributed by atoms with van der Waals surface area (Å²) in [4.78, 5) is 0. The molecule has 0 saturated heterocycles. The molecule has 0 amide bonds. The number of rotatable bonds is 5. The van der Waals surface area contributed by atoms with Crippen LogP contribution >= 0.6 is 17.2 Å². The summed E-state index contributed by atoms with van der Waals surface area (Å²) in [5.41, 5.74) is 9.94. The summed E-state index contributed by atoms with van der Waals surface area (Å²) in [5, 5.41) is 0. The third-order valence-corrected chi connectivity index (χ3v) is 55.8. The van der Waals surface area contributed by atoms with Crippen LogP contribution in [0, 0.1) is 5.92 Å². The normalized spacial score (nSPS) is 18.2. The van der Waals surface area contributed by atoms with Gasteiger partial charge in [0.2, 0.25) is 0 Å². The van der Waals surface area contributed by atoms with E-state index in [0.29, 0.717) is 17.8 Å². The third kappa shape index (κ3) is 3.82. The zero-order valence-corrected chi connectivity index (χ0v) is 26.7. The SMILES string of the molecule is C[SiH]=[Hf]([Cl])([Cl])([C]1=Cc2c(C(C)C)ccc(C(C)C)c2C1)[CH]1C(C(C)C)=Cc2ccccc21. The van der Waals surface area contributed by atoms with Crippen LogP contribution < -0.4 is 0 Å². The average Bonchev–Trinajstić information content (AvgIpc) is 3.36. The molecule has 2 aromatic rings. The fraction of sp³-hybridized carbons (Fsp3) is 0.429. The first kappa shape index (κ1) is 24.7. The number of hydrogen-bond donors (Lipinski definition) is 0. The van der Waals surface area contributed by atoms with E-state index in [1.54, 1.807) is 0 Å². The maximum atomic E-state index is 8.02. The molecule has 2 aliphatic carbocycles. The molecule has 0 aliphatic heterocycles. The van der Waals surface area contributed by atoms with Crippen LogP contribution in [0.15, 0.2) is 45.3 Å². The topological polar surface area (TPSA) is 0 Å². The Balaban J connectivity index is 1.95. The molecule has 2 aliphatic rings. The molecule has 0 N–H and O–H groups in total. The molecule has 0 nitrogen and oxygen atoms in total. The second-order valence-electron chi connectivity index (χ2n) is 10.6. The number of hydrogen-bond acceptors (Lipinski definition) is 0. The predicted octanol–water partition coefficient (Wildman–Crippen LogP) is 9.02. The second kappa shape index (κ2) is 8.67. The van der Waals surface area contributed by atoms with Crippen LogP contribution in [0.4, 0.5) is 0 Å². The van der Waals surface area contributed by atoms with Crippen molar-refractivity contribution in [1.82, 2.24) is 0 Å². The molecule has 2 aromatic carbocycles. The summed E-state index contributed by atoms with van der Waals surface area (Å²) in [6.07, 6.45) is 5.74. The van der Waals surface area contributed by atoms with Gasteiger partial charge in [-0.25, -0.2) is 0 Å². The summed E-state index contributed by atoms with van der Waals surface area (Å²) < 4.78 is 1.61. The molecule has 0 spiro atoms. The van der Waals surface area contributed by atoms with Crippen LogP contribution in [0.1, 0.15) is 90.4 Å². The van der Waals surface area contributed by atoms with E-state index in [0.717, 1.165) is 6.42 Å². The van der Waals surface area contributed by atoms with Crippen molar-refractivity contribution in [2.24, 2.45) is 5.92 Å². The van der Waals surface area contributed by atoms with Gasteiger partial charge in [-0.2, -0.15) is 0 Å². The molecular weight excluding hydrogens is 614 g/mol. The van der Waals surface area contributed by atoms with Gasteiger partial charge in [0.05, 0.1) is 0 Å². The van der Waals surface area contributed by atoms with Gasteiger partial charge in [-0.3, -0.25) is 0 Å². The van der Waals surface area contributed by atoms with Gasteiger partial charge in [0.15, 0.2) is 0 Å². The van der Waals surface area contributed by atoms with E-state index in [9.17, 15) is 0 Å². The second-order valence-corrected chi connectivity index (χ2v) is 60.8. The van der Waals surface area contributed by atoms with Crippen molar-refractivity contribution in [3.05, 3.63) is 78.7 Å². The average molecular weight is 650 g/mol. The monoisotopic (exact) mass is 650 g/mol. The Kier molecular flexibility index (Phi) is 6.69. The summed E-state index contributed by atoms with van der Waals surface area (Å²) >= 11 is -4.53. The first-order chi connectivity index (χ1) is 15.0. The molecule has 0 saturated carbocycles. The fourth-order valence-electron chi connectivity index (χ4n) is 5.81. The molecule has 0 aromatic heterocycles. The van der Waals surface area contributed by atoms with Crippen molar-refractivity contribution in [3.63, 3.8) is 0 Å². The first-order valence-corrected chi connectivity index (χ1v) is 32.8. The van der Waals surface area contributed by atoms with Crippen LogP contribution in [-0.4, -0.2) is 6.22 Å². The van der Waals surface area contributed by atoms with Gasteiger partial charge in [0, 0.05) is 0 Å². The molecule has 1 unspecified atom stereocenters. The van der Waals surface area contributed by atoms with Gasteiger partial charge in [0.1, 0.15) is 0 Å². The van der Waals surface area contributed by atoms with Crippen molar-refractivity contribution in [3.8, 4) is 0 Å². The zero-order valence-electron chi connectivity index (χ0n) is 20.5. The molecule has 170 valence electrons. The van der Waals surface area contributed by atoms with Crippen molar-refractivity contribution in [2.75, 3.05) is 0 Å². The molecule has 0 radical (unpaired) electrons. The van der Waals surface area contributed by atoms with Crippen LogP contribution in [-0.2, 0) is 21.2 Å². The number of benzene rings is 2. The summed E-state index contributed by atoms with van der Waals surface area (Å²) in [6.45, 7) is 16.1. The van der Waals surface area contributed by atoms with E-state index < -0.39 is 14.8 Å². The Morgan fingerprint density at radius 2 is 1.47 bits per heavy atom. The van der Waals surface area contributed by atoms with E-state index in [4.69, 9.17) is 17.2 Å². The molecule has 1 atom stereocenters. The van der Waals surface area contributed by atoms with E-state index >= 15 is 0 Å². The molecule has 32 heavy (non-hydrogen) atoms. The first-order valence-electron chi connectivity index (χ1n) is 12.0. The Labute approximate surface area is 203 Å².